The highest BCUT2D eigenvalue weighted by Crippen LogP contribution is 2.14. The summed E-state index contributed by atoms with van der Waals surface area (Å²) in [4.78, 5) is 11.5. The highest BCUT2D eigenvalue weighted by atomic mass is 16.6. The van der Waals surface area contributed by atoms with Gasteiger partial charge in [0.25, 0.3) is 0 Å². The van der Waals surface area contributed by atoms with Gasteiger partial charge in [-0.3, -0.25) is 4.79 Å². The normalized spacial score (nSPS) is 14.9. The minimum atomic E-state index is -0.181. The second kappa shape index (κ2) is 8.53. The molecule has 0 rings (SSSR count). The van der Waals surface area contributed by atoms with Crippen LogP contribution in [0.4, 0.5) is 0 Å². The van der Waals surface area contributed by atoms with Gasteiger partial charge in [0.2, 0.25) is 0 Å². The summed E-state index contributed by atoms with van der Waals surface area (Å²) in [5.74, 6) is 0.601. The third-order valence-electron chi connectivity index (χ3n) is 2.47. The zero-order valence-electron chi connectivity index (χ0n) is 10.9. The Hall–Kier alpha value is -0.610. The van der Waals surface area contributed by atoms with E-state index in [-0.39, 0.29) is 18.0 Å². The molecule has 0 aliphatic carbocycles. The fraction of sp³-hybridized carbons (Fsp3) is 0.917. The lowest BCUT2D eigenvalue weighted by Crippen LogP contribution is -2.23. The zero-order chi connectivity index (χ0) is 12.6. The number of carbonyl (C=O) groups excluding carboxylic acids is 1. The Balaban J connectivity index is 3.82. The van der Waals surface area contributed by atoms with Crippen LogP contribution in [0.5, 0.6) is 0 Å². The summed E-state index contributed by atoms with van der Waals surface area (Å²) in [6.45, 7) is 6.96. The second-order valence-electron chi connectivity index (χ2n) is 4.66. The number of carbonyl (C=O) groups is 1. The van der Waals surface area contributed by atoms with Crippen LogP contribution in [-0.4, -0.2) is 32.3 Å². The molecule has 16 heavy (non-hydrogen) atoms. The Bertz CT molecular complexity index is 195. The van der Waals surface area contributed by atoms with Crippen molar-refractivity contribution in [2.75, 3.05) is 20.3 Å². The fourth-order valence-electron chi connectivity index (χ4n) is 1.50. The zero-order valence-corrected chi connectivity index (χ0v) is 10.9. The molecule has 0 amide bonds. The van der Waals surface area contributed by atoms with E-state index in [9.17, 15) is 4.79 Å². The van der Waals surface area contributed by atoms with Crippen molar-refractivity contribution in [2.24, 2.45) is 17.6 Å². The first-order valence-corrected chi connectivity index (χ1v) is 5.88. The maximum absolute atomic E-state index is 11.5. The molecule has 4 nitrogen and oxygen atoms in total. The lowest BCUT2D eigenvalue weighted by atomic mass is 9.94. The molecule has 0 bridgehead atoms. The van der Waals surface area contributed by atoms with Crippen molar-refractivity contribution in [3.63, 3.8) is 0 Å². The Labute approximate surface area is 98.5 Å². The number of hydrogen-bond donors (Lipinski definition) is 1. The van der Waals surface area contributed by atoms with Crippen molar-refractivity contribution in [3.8, 4) is 0 Å². The number of nitrogens with two attached hydrogens (primary N) is 1. The highest BCUT2D eigenvalue weighted by molar-refractivity contribution is 5.69. The summed E-state index contributed by atoms with van der Waals surface area (Å²) in [5.41, 5.74) is 5.62. The van der Waals surface area contributed by atoms with E-state index in [2.05, 4.69) is 13.8 Å². The molecular weight excluding hydrogens is 206 g/mol. The number of methoxy groups -OCH3 is 1. The van der Waals surface area contributed by atoms with Crippen molar-refractivity contribution in [1.29, 1.82) is 0 Å². The van der Waals surface area contributed by atoms with Gasteiger partial charge in [0.15, 0.2) is 0 Å². The lowest BCUT2D eigenvalue weighted by Gasteiger charge is -2.17. The van der Waals surface area contributed by atoms with E-state index in [0.29, 0.717) is 25.5 Å². The molecule has 96 valence electrons. The maximum Gasteiger partial charge on any atom is 0.306 e. The Kier molecular flexibility index (Phi) is 8.21. The van der Waals surface area contributed by atoms with Crippen molar-refractivity contribution in [1.82, 2.24) is 0 Å². The molecular formula is C12H25NO3. The van der Waals surface area contributed by atoms with Crippen LogP contribution in [0.15, 0.2) is 0 Å². The summed E-state index contributed by atoms with van der Waals surface area (Å²) in [6.07, 6.45) is 1.32. The summed E-state index contributed by atoms with van der Waals surface area (Å²) in [5, 5.41) is 0. The number of hydrogen-bond acceptors (Lipinski definition) is 4. The maximum atomic E-state index is 11.5. The molecule has 1 unspecified atom stereocenters. The molecule has 0 aromatic carbocycles. The lowest BCUT2D eigenvalue weighted by molar-refractivity contribution is -0.148. The van der Waals surface area contributed by atoms with Gasteiger partial charge >= 0.3 is 5.97 Å². The predicted molar refractivity (Wildman–Crippen MR) is 64.0 cm³/mol. The van der Waals surface area contributed by atoms with Crippen LogP contribution in [-0.2, 0) is 14.3 Å². The van der Waals surface area contributed by atoms with E-state index in [1.54, 1.807) is 7.11 Å². The van der Waals surface area contributed by atoms with Gasteiger partial charge in [0.1, 0.15) is 6.61 Å². The van der Waals surface area contributed by atoms with Gasteiger partial charge in [0.05, 0.1) is 6.10 Å². The van der Waals surface area contributed by atoms with E-state index < -0.39 is 0 Å². The molecule has 0 spiro atoms. The molecule has 0 heterocycles. The fourth-order valence-corrected chi connectivity index (χ4v) is 1.50. The molecule has 4 heteroatoms. The number of esters is 1. The molecule has 0 aromatic rings. The molecule has 0 radical (unpaired) electrons. The van der Waals surface area contributed by atoms with E-state index in [1.807, 2.05) is 6.92 Å². The van der Waals surface area contributed by atoms with Crippen LogP contribution in [0.2, 0.25) is 0 Å². The molecule has 2 N–H and O–H groups in total. The Morgan fingerprint density at radius 1 is 1.31 bits per heavy atom. The third kappa shape index (κ3) is 7.65. The molecule has 2 atom stereocenters. The number of ether oxygens (including phenoxy) is 2. The van der Waals surface area contributed by atoms with E-state index >= 15 is 0 Å². The van der Waals surface area contributed by atoms with Gasteiger partial charge in [0, 0.05) is 13.5 Å². The average Bonchev–Trinajstić information content (AvgIpc) is 2.24. The predicted octanol–water partition coefficient (Wildman–Crippen LogP) is 1.58. The molecule has 0 aliphatic rings. The van der Waals surface area contributed by atoms with Crippen molar-refractivity contribution in [2.45, 2.75) is 39.7 Å². The van der Waals surface area contributed by atoms with Crippen molar-refractivity contribution >= 4 is 5.97 Å². The van der Waals surface area contributed by atoms with Crippen LogP contribution in [0.3, 0.4) is 0 Å². The third-order valence-corrected chi connectivity index (χ3v) is 2.47. The molecule has 0 fully saturated rings. The Morgan fingerprint density at radius 3 is 2.38 bits per heavy atom. The average molecular weight is 231 g/mol. The highest BCUT2D eigenvalue weighted by Gasteiger charge is 2.15. The van der Waals surface area contributed by atoms with E-state index in [4.69, 9.17) is 15.2 Å². The minimum absolute atomic E-state index is 0.0506. The van der Waals surface area contributed by atoms with Crippen molar-refractivity contribution < 1.29 is 14.3 Å². The topological polar surface area (TPSA) is 61.5 Å². The van der Waals surface area contributed by atoms with E-state index in [1.165, 1.54) is 0 Å². The van der Waals surface area contributed by atoms with Gasteiger partial charge in [-0.1, -0.05) is 13.8 Å². The van der Waals surface area contributed by atoms with Crippen LogP contribution < -0.4 is 5.73 Å². The van der Waals surface area contributed by atoms with Gasteiger partial charge in [-0.2, -0.15) is 0 Å². The molecule has 0 saturated carbocycles. The van der Waals surface area contributed by atoms with Crippen LogP contribution in [0, 0.1) is 11.8 Å². The summed E-state index contributed by atoms with van der Waals surface area (Å²) in [6, 6.07) is 0. The molecule has 0 saturated heterocycles. The molecule has 0 aliphatic heterocycles. The van der Waals surface area contributed by atoms with Gasteiger partial charge < -0.3 is 15.2 Å². The van der Waals surface area contributed by atoms with Gasteiger partial charge in [-0.25, -0.2) is 0 Å². The molecule has 0 aromatic heterocycles. The van der Waals surface area contributed by atoms with Gasteiger partial charge in [-0.15, -0.1) is 0 Å². The first-order valence-electron chi connectivity index (χ1n) is 5.88. The second-order valence-corrected chi connectivity index (χ2v) is 4.66. The Morgan fingerprint density at radius 2 is 1.94 bits per heavy atom. The summed E-state index contributed by atoms with van der Waals surface area (Å²) in [7, 11) is 1.60. The monoisotopic (exact) mass is 231 g/mol. The summed E-state index contributed by atoms with van der Waals surface area (Å²) >= 11 is 0. The SMILES string of the molecule is COC(C)COC(=O)C[C@@H](CN)CC(C)C. The first kappa shape index (κ1) is 15.4. The standard InChI is InChI=1S/C12H25NO3/c1-9(2)5-11(7-13)6-12(14)16-8-10(3)15-4/h9-11H,5-8,13H2,1-4H3/t10?,11-/m0/s1. The largest absolute Gasteiger partial charge is 0.463 e. The summed E-state index contributed by atoms with van der Waals surface area (Å²) < 4.78 is 10.1. The van der Waals surface area contributed by atoms with E-state index in [0.717, 1.165) is 6.42 Å². The van der Waals surface area contributed by atoms with Crippen LogP contribution in [0.1, 0.15) is 33.6 Å². The van der Waals surface area contributed by atoms with Crippen molar-refractivity contribution in [3.05, 3.63) is 0 Å². The number of rotatable bonds is 8. The smallest absolute Gasteiger partial charge is 0.306 e. The van der Waals surface area contributed by atoms with Crippen LogP contribution in [0.25, 0.3) is 0 Å². The van der Waals surface area contributed by atoms with Gasteiger partial charge in [-0.05, 0) is 31.7 Å². The quantitative estimate of drug-likeness (QED) is 0.644. The first-order chi connectivity index (χ1) is 7.49. The van der Waals surface area contributed by atoms with Crippen LogP contribution >= 0.6 is 0 Å². The minimum Gasteiger partial charge on any atom is -0.463 e.